The number of allylic oxidation sites excluding steroid dienone is 5. The third kappa shape index (κ3) is 9.94. The first-order chi connectivity index (χ1) is 34.9. The summed E-state index contributed by atoms with van der Waals surface area (Å²) in [6.45, 7) is 10.7. The van der Waals surface area contributed by atoms with Crippen LogP contribution in [0.25, 0.3) is 33.4 Å². The van der Waals surface area contributed by atoms with Crippen molar-refractivity contribution in [3.63, 3.8) is 0 Å². The molecule has 0 aromatic heterocycles. The quantitative estimate of drug-likeness (QED) is 0.0215. The number of aromatic hydroxyl groups is 1. The molecule has 0 spiro atoms. The zero-order valence-electron chi connectivity index (χ0n) is 41.1. The van der Waals surface area contributed by atoms with E-state index in [0.29, 0.717) is 60.1 Å². The second kappa shape index (κ2) is 20.0. The molecular formula is C55H55N3O14S2. The molecule has 3 heterocycles. The van der Waals surface area contributed by atoms with Gasteiger partial charge in [0.15, 0.2) is 5.43 Å². The van der Waals surface area contributed by atoms with Crippen LogP contribution in [0, 0.1) is 0 Å². The third-order valence-corrected chi connectivity index (χ3v) is 15.8. The maximum atomic E-state index is 13.4. The number of hydrogen-bond acceptors (Lipinski definition) is 12. The molecule has 6 N–H and O–H groups in total. The molecule has 4 aromatic rings. The van der Waals surface area contributed by atoms with Gasteiger partial charge in [0.1, 0.15) is 22.0 Å². The molecular weight excluding hydrogens is 991 g/mol. The lowest BCUT2D eigenvalue weighted by molar-refractivity contribution is -0.121. The largest absolute Gasteiger partial charge is 0.507 e. The van der Waals surface area contributed by atoms with Gasteiger partial charge >= 0.3 is 11.9 Å². The Balaban J connectivity index is 0.983. The first-order valence-corrected chi connectivity index (χ1v) is 26.7. The fourth-order valence-electron chi connectivity index (χ4n) is 10.4. The van der Waals surface area contributed by atoms with Gasteiger partial charge in [0.2, 0.25) is 5.91 Å². The molecule has 1 atom stereocenters. The number of nitrogens with one attached hydrogen (secondary N) is 1. The fourth-order valence-corrected chi connectivity index (χ4v) is 11.6. The van der Waals surface area contributed by atoms with Gasteiger partial charge < -0.3 is 34.9 Å². The number of carbonyl (C=O) groups is 3. The highest BCUT2D eigenvalue weighted by Crippen LogP contribution is 2.51. The van der Waals surface area contributed by atoms with Crippen LogP contribution in [-0.4, -0.2) is 78.2 Å². The second-order valence-electron chi connectivity index (χ2n) is 19.4. The Morgan fingerprint density at radius 3 is 2.23 bits per heavy atom. The van der Waals surface area contributed by atoms with E-state index in [0.717, 1.165) is 23.0 Å². The molecule has 0 saturated carbocycles. The minimum atomic E-state index is -4.64. The highest BCUT2D eigenvalue weighted by molar-refractivity contribution is 7.86. The Hall–Kier alpha value is -7.58. The number of phenolic OH excluding ortho intramolecular Hbond substituents is 1. The topological polar surface area (TPSA) is 269 Å². The van der Waals surface area contributed by atoms with Crippen LogP contribution in [-0.2, 0) is 42.4 Å². The lowest BCUT2D eigenvalue weighted by Crippen LogP contribution is -2.39. The Labute approximate surface area is 427 Å². The molecule has 3 aliphatic heterocycles. The molecule has 386 valence electrons. The van der Waals surface area contributed by atoms with E-state index in [4.69, 9.17) is 4.42 Å². The molecule has 0 radical (unpaired) electrons. The minimum absolute atomic E-state index is 0.0656. The number of anilines is 2. The van der Waals surface area contributed by atoms with E-state index in [-0.39, 0.29) is 74.1 Å². The van der Waals surface area contributed by atoms with E-state index in [1.165, 1.54) is 60.7 Å². The molecule has 17 nitrogen and oxygen atoms in total. The lowest BCUT2D eigenvalue weighted by Gasteiger charge is -2.31. The number of para-hydroxylation sites is 1. The second-order valence-corrected chi connectivity index (χ2v) is 22.2. The number of carbonyl (C=O) groups excluding carboxylic acids is 1. The van der Waals surface area contributed by atoms with Gasteiger partial charge in [-0.25, -0.2) is 9.59 Å². The van der Waals surface area contributed by atoms with Crippen molar-refractivity contribution < 1.29 is 60.1 Å². The number of amides is 1. The summed E-state index contributed by atoms with van der Waals surface area (Å²) in [6.07, 6.45) is 11.1. The van der Waals surface area contributed by atoms with Gasteiger partial charge in [-0.05, 0) is 103 Å². The number of likely N-dealkylation sites (N-methyl/N-ethyl adjacent to an activating group) is 1. The Kier molecular flexibility index (Phi) is 14.3. The summed E-state index contributed by atoms with van der Waals surface area (Å²) < 4.78 is 75.8. The van der Waals surface area contributed by atoms with Crippen LogP contribution >= 0.6 is 0 Å². The van der Waals surface area contributed by atoms with Crippen LogP contribution < -0.4 is 20.5 Å². The number of aromatic carboxylic acids is 2. The summed E-state index contributed by atoms with van der Waals surface area (Å²) in [7, 11) is -9.04. The summed E-state index contributed by atoms with van der Waals surface area (Å²) in [5.41, 5.74) is 2.32. The number of phenols is 1. The Bertz CT molecular complexity index is 3630. The van der Waals surface area contributed by atoms with E-state index in [1.807, 2.05) is 76.0 Å². The van der Waals surface area contributed by atoms with E-state index in [2.05, 4.69) is 10.2 Å². The highest BCUT2D eigenvalue weighted by Gasteiger charge is 2.44. The van der Waals surface area contributed by atoms with E-state index in [1.54, 1.807) is 12.1 Å². The maximum Gasteiger partial charge on any atom is 0.336 e. The normalized spacial score (nSPS) is 16.7. The van der Waals surface area contributed by atoms with E-state index >= 15 is 0 Å². The number of carboxylic acids is 2. The Morgan fingerprint density at radius 1 is 0.797 bits per heavy atom. The van der Waals surface area contributed by atoms with Crippen molar-refractivity contribution in [1.29, 1.82) is 0 Å². The van der Waals surface area contributed by atoms with Crippen LogP contribution in [0.5, 0.6) is 5.75 Å². The van der Waals surface area contributed by atoms with Crippen molar-refractivity contribution >= 4 is 60.4 Å². The number of unbranched alkanes of at least 4 members (excludes halogenated alkanes) is 2. The average molecular weight is 1050 g/mol. The number of fused-ring (bicyclic) bond motifs is 4. The fraction of sp³-hybridized carbons (Fsp3) is 0.273. The van der Waals surface area contributed by atoms with Crippen molar-refractivity contribution in [1.82, 2.24) is 5.32 Å². The Morgan fingerprint density at radius 2 is 1.54 bits per heavy atom. The zero-order valence-corrected chi connectivity index (χ0v) is 42.8. The third-order valence-electron chi connectivity index (χ3n) is 14.1. The van der Waals surface area contributed by atoms with Crippen molar-refractivity contribution in [3.8, 4) is 28.2 Å². The van der Waals surface area contributed by atoms with Crippen LogP contribution in [0.15, 0.2) is 140 Å². The smallest absolute Gasteiger partial charge is 0.336 e. The molecule has 0 fully saturated rings. The van der Waals surface area contributed by atoms with Crippen molar-refractivity contribution in [2.75, 3.05) is 22.9 Å². The average Bonchev–Trinajstić information content (AvgIpc) is 3.69. The van der Waals surface area contributed by atoms with Gasteiger partial charge in [0.05, 0.1) is 39.9 Å². The van der Waals surface area contributed by atoms with Crippen LogP contribution in [0.3, 0.4) is 0 Å². The first-order valence-electron chi connectivity index (χ1n) is 23.8. The van der Waals surface area contributed by atoms with Gasteiger partial charge in [-0.3, -0.25) is 18.7 Å². The molecule has 4 aromatic carbocycles. The monoisotopic (exact) mass is 1050 g/mol. The molecule has 0 bridgehead atoms. The van der Waals surface area contributed by atoms with Gasteiger partial charge in [-0.1, -0.05) is 76.6 Å². The number of nitrogens with zero attached hydrogens (tertiary/aromatic N) is 2. The number of carboxylic acid groups (broad SMARTS) is 2. The number of benzene rings is 5. The molecule has 0 saturated heterocycles. The molecule has 19 heteroatoms. The van der Waals surface area contributed by atoms with E-state index < -0.39 is 48.4 Å². The van der Waals surface area contributed by atoms with Crippen LogP contribution in [0.4, 0.5) is 11.4 Å². The summed E-state index contributed by atoms with van der Waals surface area (Å²) in [6, 6.07) is 19.8. The van der Waals surface area contributed by atoms with Crippen LogP contribution in [0.2, 0.25) is 0 Å². The molecule has 1 amide bonds. The summed E-state index contributed by atoms with van der Waals surface area (Å²) in [5.74, 6) is -3.26. The number of rotatable bonds is 17. The van der Waals surface area contributed by atoms with Crippen molar-refractivity contribution in [3.05, 3.63) is 159 Å². The highest BCUT2D eigenvalue weighted by atomic mass is 32.2. The molecule has 1 unspecified atom stereocenters. The molecule has 8 rings (SSSR count). The zero-order chi connectivity index (χ0) is 53.7. The van der Waals surface area contributed by atoms with Crippen LogP contribution in [0.1, 0.15) is 97.7 Å². The minimum Gasteiger partial charge on any atom is -0.507 e. The van der Waals surface area contributed by atoms with Crippen molar-refractivity contribution in [2.24, 2.45) is 0 Å². The summed E-state index contributed by atoms with van der Waals surface area (Å²) in [4.78, 5) is 53.8. The predicted molar refractivity (Wildman–Crippen MR) is 280 cm³/mol. The van der Waals surface area contributed by atoms with Gasteiger partial charge in [0.25, 0.3) is 20.2 Å². The van der Waals surface area contributed by atoms with E-state index in [9.17, 15) is 60.4 Å². The molecule has 1 aliphatic carbocycles. The standard InChI is InChI=1S/C55H55N3O14S2/c1-6-57-42-25-21-34(73(66,67)68)30-41(42)55(4,5)46(57)16-9-7-10-17-47-54(2,3)40-14-13-15-45(74(69,70)71)50(40)58(47)27-12-8-11-18-48(61)56-31-39-43(60)26-24-37-49(36-23-20-33(59)29-44(36)72-51(37)39)35-22-19-32(52(62)63)28-38(35)53(64)65/h7,9-10,13-17,19-26,28-30,46,60H,6,8,11-12,18,27,31H2,1-5H3,(H,56,61)(H,62,63)(H,64,65)(H,66,67,68)(H,69,70,71). The van der Waals surface area contributed by atoms with Crippen molar-refractivity contribution in [2.45, 2.75) is 93.5 Å². The molecule has 74 heavy (non-hydrogen) atoms. The molecule has 4 aliphatic rings. The first kappa shape index (κ1) is 52.7. The van der Waals surface area contributed by atoms with Gasteiger partial charge in [-0.2, -0.15) is 16.8 Å². The lowest BCUT2D eigenvalue weighted by atomic mass is 9.80. The van der Waals surface area contributed by atoms with Gasteiger partial charge in [-0.15, -0.1) is 0 Å². The maximum absolute atomic E-state index is 13.4. The summed E-state index contributed by atoms with van der Waals surface area (Å²) >= 11 is 0. The number of hydrogen-bond donors (Lipinski definition) is 6. The summed E-state index contributed by atoms with van der Waals surface area (Å²) in [5, 5.41) is 34.0. The van der Waals surface area contributed by atoms with Gasteiger partial charge in [0, 0.05) is 64.3 Å². The SMILES string of the molecule is CCN1c2ccc(S(=O)(=O)O)cc2C(C)(C)C1C=CC=CC=C1N(CCCCCC(=O)NCc2c(O)ccc3c(-c4ccc(C(=O)O)cc4C(=O)O)c4ccc(=O)cc-4oc23)c2c(cccc2S(=O)(=O)O)C1(C)C. The predicted octanol–water partition coefficient (Wildman–Crippen LogP) is 9.32.